The molecule has 2 aliphatic carbocycles. The van der Waals surface area contributed by atoms with E-state index in [1.54, 1.807) is 12.4 Å². The van der Waals surface area contributed by atoms with Crippen LogP contribution in [-0.2, 0) is 4.74 Å². The fraction of sp³-hybridized carbons (Fsp3) is 0.367. The molecule has 2 aromatic heterocycles. The number of benzene rings is 1. The molecule has 1 aliphatic heterocycles. The van der Waals surface area contributed by atoms with Gasteiger partial charge in [0, 0.05) is 35.6 Å². The second-order valence-electron chi connectivity index (χ2n) is 10.2. The average Bonchev–Trinajstić information content (AvgIpc) is 3.71. The molecule has 0 spiro atoms. The molecule has 3 aromatic rings. The Morgan fingerprint density at radius 1 is 1.13 bits per heavy atom. The number of nitrogens with one attached hydrogen (secondary N) is 1. The van der Waals surface area contributed by atoms with Crippen LogP contribution in [0.3, 0.4) is 0 Å². The Morgan fingerprint density at radius 2 is 1.92 bits per heavy atom. The van der Waals surface area contributed by atoms with Gasteiger partial charge < -0.3 is 10.1 Å². The van der Waals surface area contributed by atoms with Gasteiger partial charge in [-0.05, 0) is 68.0 Å². The number of hydrogen-bond donors (Lipinski definition) is 1. The average molecular weight is 530 g/mol. The molecule has 3 heterocycles. The highest BCUT2D eigenvalue weighted by Gasteiger charge is 2.33. The number of aromatic nitrogens is 3. The van der Waals surface area contributed by atoms with Crippen LogP contribution in [0.2, 0.25) is 5.02 Å². The second kappa shape index (κ2) is 10.8. The molecular weight excluding hydrogens is 498 g/mol. The number of morpholine rings is 1. The van der Waals surface area contributed by atoms with Crippen molar-refractivity contribution < 1.29 is 9.53 Å². The molecule has 0 bridgehead atoms. The number of halogens is 1. The van der Waals surface area contributed by atoms with Crippen LogP contribution in [-0.4, -0.2) is 57.9 Å². The van der Waals surface area contributed by atoms with Crippen molar-refractivity contribution in [2.24, 2.45) is 0 Å². The summed E-state index contributed by atoms with van der Waals surface area (Å²) in [7, 11) is 0. The Morgan fingerprint density at radius 3 is 2.61 bits per heavy atom. The Bertz CT molecular complexity index is 1370. The number of nitrogens with zero attached hydrogens (tertiary/aromatic N) is 4. The van der Waals surface area contributed by atoms with Crippen molar-refractivity contribution in [1.82, 2.24) is 19.7 Å². The maximum absolute atomic E-state index is 13.4. The molecule has 1 aromatic carbocycles. The summed E-state index contributed by atoms with van der Waals surface area (Å²) in [5, 5.41) is 8.27. The maximum atomic E-state index is 13.4. The largest absolute Gasteiger partial charge is 0.379 e. The lowest BCUT2D eigenvalue weighted by Crippen LogP contribution is -2.43. The van der Waals surface area contributed by atoms with Crippen molar-refractivity contribution in [2.75, 3.05) is 31.6 Å². The molecule has 1 saturated carbocycles. The van der Waals surface area contributed by atoms with Crippen molar-refractivity contribution in [2.45, 2.75) is 44.1 Å². The molecule has 196 valence electrons. The number of carbonyl (C=O) groups is 1. The molecule has 1 amide bonds. The number of rotatable bonds is 7. The first-order chi connectivity index (χ1) is 18.6. The SMILES string of the molecule is C=Cc1cc(NC(=O)c2cnn(-c3ccc(Cl)cc3)c2C2CC2)cnc1C1=CCC(N2CCOCC2)CC1. The minimum Gasteiger partial charge on any atom is -0.379 e. The molecule has 1 atom stereocenters. The highest BCUT2D eigenvalue weighted by molar-refractivity contribution is 6.30. The van der Waals surface area contributed by atoms with E-state index in [1.165, 1.54) is 5.57 Å². The van der Waals surface area contributed by atoms with Crippen LogP contribution >= 0.6 is 11.6 Å². The number of allylic oxidation sites excluding steroid dienone is 1. The van der Waals surface area contributed by atoms with Gasteiger partial charge in [0.2, 0.25) is 0 Å². The quantitative estimate of drug-likeness (QED) is 0.409. The third kappa shape index (κ3) is 5.19. The van der Waals surface area contributed by atoms with E-state index < -0.39 is 0 Å². The molecule has 8 heteroatoms. The third-order valence-corrected chi connectivity index (χ3v) is 7.98. The standard InChI is InChI=1S/C30H32ClN5O2/c1-2-20-17-24(18-32-28(20)21-5-9-25(10-6-21)35-13-15-38-16-14-35)34-30(37)27-19-33-36(29(27)22-3-4-22)26-11-7-23(31)8-12-26/h2,5,7-8,11-12,17-19,22,25H,1,3-4,6,9-10,13-16H2,(H,34,37). The molecule has 3 aliphatic rings. The molecule has 7 nitrogen and oxygen atoms in total. The van der Waals surface area contributed by atoms with Crippen LogP contribution in [0.5, 0.6) is 0 Å². The Labute approximate surface area is 228 Å². The Kier molecular flexibility index (Phi) is 7.15. The summed E-state index contributed by atoms with van der Waals surface area (Å²) >= 11 is 6.07. The van der Waals surface area contributed by atoms with E-state index in [1.807, 2.05) is 41.1 Å². The molecular formula is C30H32ClN5O2. The molecule has 1 N–H and O–H groups in total. The Balaban J connectivity index is 1.19. The molecule has 1 saturated heterocycles. The maximum Gasteiger partial charge on any atom is 0.259 e. The van der Waals surface area contributed by atoms with Gasteiger partial charge in [-0.1, -0.05) is 30.3 Å². The molecule has 0 radical (unpaired) electrons. The van der Waals surface area contributed by atoms with Crippen LogP contribution in [0.4, 0.5) is 5.69 Å². The van der Waals surface area contributed by atoms with E-state index in [4.69, 9.17) is 21.3 Å². The summed E-state index contributed by atoms with van der Waals surface area (Å²) < 4.78 is 7.37. The minimum absolute atomic E-state index is 0.179. The third-order valence-electron chi connectivity index (χ3n) is 7.73. The lowest BCUT2D eigenvalue weighted by Gasteiger charge is -2.36. The molecule has 38 heavy (non-hydrogen) atoms. The van der Waals surface area contributed by atoms with E-state index in [0.29, 0.717) is 28.2 Å². The summed E-state index contributed by atoms with van der Waals surface area (Å²) in [4.78, 5) is 20.7. The van der Waals surface area contributed by atoms with Crippen molar-refractivity contribution >= 4 is 34.8 Å². The Hall–Kier alpha value is -3.26. The monoisotopic (exact) mass is 529 g/mol. The first kappa shape index (κ1) is 25.0. The van der Waals surface area contributed by atoms with E-state index >= 15 is 0 Å². The summed E-state index contributed by atoms with van der Waals surface area (Å²) in [5.74, 6) is 0.152. The summed E-state index contributed by atoms with van der Waals surface area (Å²) in [6.45, 7) is 7.70. The first-order valence-electron chi connectivity index (χ1n) is 13.4. The topological polar surface area (TPSA) is 72.3 Å². The van der Waals surface area contributed by atoms with Crippen LogP contribution in [0.1, 0.15) is 65.3 Å². The first-order valence-corrected chi connectivity index (χ1v) is 13.8. The van der Waals surface area contributed by atoms with E-state index in [-0.39, 0.29) is 5.91 Å². The van der Waals surface area contributed by atoms with Crippen molar-refractivity contribution in [3.05, 3.63) is 82.9 Å². The van der Waals surface area contributed by atoms with Gasteiger partial charge >= 0.3 is 0 Å². The van der Waals surface area contributed by atoms with Gasteiger partial charge in [-0.25, -0.2) is 4.68 Å². The highest BCUT2D eigenvalue weighted by atomic mass is 35.5. The van der Waals surface area contributed by atoms with Crippen molar-refractivity contribution in [3.8, 4) is 5.69 Å². The number of amides is 1. The molecule has 1 unspecified atom stereocenters. The number of carbonyl (C=O) groups excluding carboxylic acids is 1. The van der Waals surface area contributed by atoms with Gasteiger partial charge in [-0.3, -0.25) is 14.7 Å². The van der Waals surface area contributed by atoms with Gasteiger partial charge in [0.1, 0.15) is 0 Å². The highest BCUT2D eigenvalue weighted by Crippen LogP contribution is 2.42. The van der Waals surface area contributed by atoms with E-state index in [0.717, 1.165) is 81.0 Å². The van der Waals surface area contributed by atoms with Crippen LogP contribution in [0, 0.1) is 0 Å². The number of pyridine rings is 1. The zero-order valence-electron chi connectivity index (χ0n) is 21.4. The lowest BCUT2D eigenvalue weighted by atomic mass is 9.90. The summed E-state index contributed by atoms with van der Waals surface area (Å²) in [6.07, 6.45) is 12.8. The van der Waals surface area contributed by atoms with Gasteiger partial charge in [0.05, 0.1) is 53.9 Å². The van der Waals surface area contributed by atoms with Gasteiger partial charge in [0.15, 0.2) is 0 Å². The van der Waals surface area contributed by atoms with E-state index in [2.05, 4.69) is 28.0 Å². The predicted molar refractivity (Wildman–Crippen MR) is 151 cm³/mol. The normalized spacial score (nSPS) is 20.1. The smallest absolute Gasteiger partial charge is 0.259 e. The van der Waals surface area contributed by atoms with Crippen LogP contribution < -0.4 is 5.32 Å². The van der Waals surface area contributed by atoms with Crippen LogP contribution in [0.15, 0.2) is 55.4 Å². The van der Waals surface area contributed by atoms with Crippen molar-refractivity contribution in [1.29, 1.82) is 0 Å². The summed E-state index contributed by atoms with van der Waals surface area (Å²) in [5.41, 5.74) is 6.22. The number of anilines is 1. The summed E-state index contributed by atoms with van der Waals surface area (Å²) in [6, 6.07) is 10.0. The fourth-order valence-corrected chi connectivity index (χ4v) is 5.68. The van der Waals surface area contributed by atoms with Gasteiger partial charge in [-0.2, -0.15) is 5.10 Å². The zero-order chi connectivity index (χ0) is 26.1. The number of ether oxygens (including phenoxy) is 1. The lowest BCUT2D eigenvalue weighted by molar-refractivity contribution is 0.0150. The zero-order valence-corrected chi connectivity index (χ0v) is 22.2. The van der Waals surface area contributed by atoms with Crippen molar-refractivity contribution in [3.63, 3.8) is 0 Å². The molecule has 6 rings (SSSR count). The van der Waals surface area contributed by atoms with Gasteiger partial charge in [0.25, 0.3) is 5.91 Å². The van der Waals surface area contributed by atoms with E-state index in [9.17, 15) is 4.79 Å². The predicted octanol–water partition coefficient (Wildman–Crippen LogP) is 5.96. The van der Waals surface area contributed by atoms with Gasteiger partial charge in [-0.15, -0.1) is 0 Å². The molecule has 2 fully saturated rings. The minimum atomic E-state index is -0.179. The number of hydrogen-bond acceptors (Lipinski definition) is 5. The van der Waals surface area contributed by atoms with Crippen LogP contribution in [0.25, 0.3) is 17.3 Å². The fourth-order valence-electron chi connectivity index (χ4n) is 5.55. The second-order valence-corrected chi connectivity index (χ2v) is 10.7.